The second-order valence-corrected chi connectivity index (χ2v) is 5.58. The summed E-state index contributed by atoms with van der Waals surface area (Å²) in [6.45, 7) is 10.5. The summed E-state index contributed by atoms with van der Waals surface area (Å²) >= 11 is 0. The van der Waals surface area contributed by atoms with Crippen LogP contribution in [0.15, 0.2) is 0 Å². The number of esters is 1. The fraction of sp³-hybridized carbons (Fsp3) is 0.833. The lowest BCUT2D eigenvalue weighted by molar-refractivity contribution is -0.152. The zero-order valence-corrected chi connectivity index (χ0v) is 11.7. The number of nitrogens with one attached hydrogen (secondary N) is 1. The molecule has 1 N–H and O–H groups in total. The van der Waals surface area contributed by atoms with Crippen molar-refractivity contribution >= 4 is 12.1 Å². The predicted octanol–water partition coefficient (Wildman–Crippen LogP) is 2.10. The highest BCUT2D eigenvalue weighted by Gasteiger charge is 2.36. The fourth-order valence-electron chi connectivity index (χ4n) is 1.10. The summed E-state index contributed by atoms with van der Waals surface area (Å²) in [7, 11) is 1.32. The molecule has 1 atom stereocenters. The Kier molecular flexibility index (Phi) is 4.98. The first-order valence-corrected chi connectivity index (χ1v) is 5.58. The number of hydrogen-bond donors (Lipinski definition) is 1. The Morgan fingerprint density at radius 3 is 1.94 bits per heavy atom. The molecule has 0 radical (unpaired) electrons. The van der Waals surface area contributed by atoms with E-state index in [0.717, 1.165) is 0 Å². The first-order chi connectivity index (χ1) is 7.50. The van der Waals surface area contributed by atoms with Crippen LogP contribution in [0.25, 0.3) is 0 Å². The Bertz CT molecular complexity index is 291. The maximum absolute atomic E-state index is 11.5. The van der Waals surface area contributed by atoms with Gasteiger partial charge in [0.05, 0.1) is 12.5 Å². The zero-order valence-electron chi connectivity index (χ0n) is 11.7. The van der Waals surface area contributed by atoms with Crippen LogP contribution in [0.1, 0.15) is 41.5 Å². The Balaban J connectivity index is 4.49. The SMILES string of the molecule is COC(=O)C(C)(C)C(C)NC(=O)OC(C)(C)C. The predicted molar refractivity (Wildman–Crippen MR) is 64.6 cm³/mol. The summed E-state index contributed by atoms with van der Waals surface area (Å²) in [6, 6.07) is -0.384. The van der Waals surface area contributed by atoms with E-state index in [1.807, 2.05) is 0 Å². The number of ether oxygens (including phenoxy) is 2. The third-order valence-corrected chi connectivity index (χ3v) is 2.53. The molecule has 0 aromatic heterocycles. The van der Waals surface area contributed by atoms with Crippen molar-refractivity contribution in [3.05, 3.63) is 0 Å². The van der Waals surface area contributed by atoms with Gasteiger partial charge in [0.15, 0.2) is 0 Å². The van der Waals surface area contributed by atoms with E-state index in [1.165, 1.54) is 7.11 Å². The second kappa shape index (κ2) is 5.38. The molecule has 0 rings (SSSR count). The normalized spacial score (nSPS) is 13.8. The standard InChI is InChI=1S/C12H23NO4/c1-8(12(5,6)9(14)16-7)13-10(15)17-11(2,3)4/h8H,1-7H3,(H,13,15). The van der Waals surface area contributed by atoms with Crippen LogP contribution in [-0.2, 0) is 14.3 Å². The van der Waals surface area contributed by atoms with E-state index in [1.54, 1.807) is 41.5 Å². The molecule has 1 unspecified atom stereocenters. The molecule has 1 amide bonds. The molecule has 0 fully saturated rings. The van der Waals surface area contributed by atoms with Crippen molar-refractivity contribution in [1.82, 2.24) is 5.32 Å². The van der Waals surface area contributed by atoms with E-state index >= 15 is 0 Å². The van der Waals surface area contributed by atoms with Gasteiger partial charge in [0.2, 0.25) is 0 Å². The highest BCUT2D eigenvalue weighted by Crippen LogP contribution is 2.22. The van der Waals surface area contributed by atoms with Gasteiger partial charge in [-0.3, -0.25) is 4.79 Å². The van der Waals surface area contributed by atoms with Gasteiger partial charge in [-0.2, -0.15) is 0 Å². The lowest BCUT2D eigenvalue weighted by atomic mass is 9.85. The van der Waals surface area contributed by atoms with Crippen LogP contribution in [0.5, 0.6) is 0 Å². The van der Waals surface area contributed by atoms with Crippen molar-refractivity contribution in [2.45, 2.75) is 53.2 Å². The first-order valence-electron chi connectivity index (χ1n) is 5.58. The van der Waals surface area contributed by atoms with Crippen LogP contribution >= 0.6 is 0 Å². The molecule has 100 valence electrons. The third kappa shape index (κ3) is 5.06. The highest BCUT2D eigenvalue weighted by atomic mass is 16.6. The van der Waals surface area contributed by atoms with Crippen LogP contribution in [-0.4, -0.2) is 30.8 Å². The average Bonchev–Trinajstić information content (AvgIpc) is 2.12. The van der Waals surface area contributed by atoms with Gasteiger partial charge in [-0.15, -0.1) is 0 Å². The molecule has 0 bridgehead atoms. The Morgan fingerprint density at radius 2 is 1.59 bits per heavy atom. The van der Waals surface area contributed by atoms with Crippen molar-refractivity contribution in [3.63, 3.8) is 0 Å². The number of amides is 1. The number of hydrogen-bond acceptors (Lipinski definition) is 4. The summed E-state index contributed by atoms with van der Waals surface area (Å²) in [5, 5.41) is 2.63. The minimum absolute atomic E-state index is 0.374. The zero-order chi connectivity index (χ0) is 13.9. The lowest BCUT2D eigenvalue weighted by Gasteiger charge is -2.30. The van der Waals surface area contributed by atoms with Gasteiger partial charge in [0.25, 0.3) is 0 Å². The van der Waals surface area contributed by atoms with Gasteiger partial charge in [0.1, 0.15) is 5.60 Å². The number of rotatable bonds is 3. The Hall–Kier alpha value is -1.26. The molecule has 5 heteroatoms. The molecule has 0 aliphatic heterocycles. The maximum atomic E-state index is 11.5. The molecule has 0 saturated heterocycles. The van der Waals surface area contributed by atoms with Crippen LogP contribution in [0.4, 0.5) is 4.79 Å². The number of alkyl carbamates (subject to hydrolysis) is 1. The molecule has 5 nitrogen and oxygen atoms in total. The average molecular weight is 245 g/mol. The third-order valence-electron chi connectivity index (χ3n) is 2.53. The largest absolute Gasteiger partial charge is 0.469 e. The van der Waals surface area contributed by atoms with Crippen molar-refractivity contribution in [2.24, 2.45) is 5.41 Å². The van der Waals surface area contributed by atoms with Crippen molar-refractivity contribution in [3.8, 4) is 0 Å². The quantitative estimate of drug-likeness (QED) is 0.773. The summed E-state index contributed by atoms with van der Waals surface area (Å²) in [6.07, 6.45) is -0.540. The molecule has 0 aliphatic rings. The van der Waals surface area contributed by atoms with Crippen molar-refractivity contribution in [2.75, 3.05) is 7.11 Å². The highest BCUT2D eigenvalue weighted by molar-refractivity contribution is 5.78. The number of methoxy groups -OCH3 is 1. The van der Waals surface area contributed by atoms with Gasteiger partial charge in [-0.25, -0.2) is 4.79 Å². The second-order valence-electron chi connectivity index (χ2n) is 5.58. The van der Waals surface area contributed by atoms with Crippen LogP contribution in [0.3, 0.4) is 0 Å². The Morgan fingerprint density at radius 1 is 1.12 bits per heavy atom. The minimum atomic E-state index is -0.800. The van der Waals surface area contributed by atoms with Crippen LogP contribution in [0.2, 0.25) is 0 Å². The van der Waals surface area contributed by atoms with Crippen LogP contribution in [0, 0.1) is 5.41 Å². The van der Waals surface area contributed by atoms with Gasteiger partial charge < -0.3 is 14.8 Å². The number of carbonyl (C=O) groups is 2. The van der Waals surface area contributed by atoms with Crippen LogP contribution < -0.4 is 5.32 Å². The summed E-state index contributed by atoms with van der Waals surface area (Å²) < 4.78 is 9.80. The van der Waals surface area contributed by atoms with E-state index in [4.69, 9.17) is 4.74 Å². The summed E-state index contributed by atoms with van der Waals surface area (Å²) in [5.41, 5.74) is -1.36. The van der Waals surface area contributed by atoms with E-state index in [-0.39, 0.29) is 12.0 Å². The molecule has 0 spiro atoms. The van der Waals surface area contributed by atoms with Gasteiger partial charge in [-0.05, 0) is 41.5 Å². The number of carbonyl (C=O) groups excluding carboxylic acids is 2. The Labute approximate surface area is 103 Å². The van der Waals surface area contributed by atoms with Crippen molar-refractivity contribution < 1.29 is 19.1 Å². The first kappa shape index (κ1) is 15.7. The van der Waals surface area contributed by atoms with Gasteiger partial charge >= 0.3 is 12.1 Å². The summed E-state index contributed by atoms with van der Waals surface area (Å²) in [5.74, 6) is -0.374. The molecular weight excluding hydrogens is 222 g/mol. The molecule has 0 aromatic rings. The molecular formula is C12H23NO4. The lowest BCUT2D eigenvalue weighted by Crippen LogP contribution is -2.48. The monoisotopic (exact) mass is 245 g/mol. The van der Waals surface area contributed by atoms with Crippen molar-refractivity contribution in [1.29, 1.82) is 0 Å². The molecule has 17 heavy (non-hydrogen) atoms. The molecule has 0 aliphatic carbocycles. The van der Waals surface area contributed by atoms with E-state index in [0.29, 0.717) is 0 Å². The van der Waals surface area contributed by atoms with E-state index in [9.17, 15) is 9.59 Å². The van der Waals surface area contributed by atoms with Gasteiger partial charge in [0, 0.05) is 6.04 Å². The molecule has 0 saturated carbocycles. The summed E-state index contributed by atoms with van der Waals surface area (Å²) in [4.78, 5) is 23.1. The maximum Gasteiger partial charge on any atom is 0.407 e. The van der Waals surface area contributed by atoms with E-state index < -0.39 is 17.1 Å². The molecule has 0 heterocycles. The van der Waals surface area contributed by atoms with Gasteiger partial charge in [-0.1, -0.05) is 0 Å². The molecule has 0 aromatic carbocycles. The smallest absolute Gasteiger partial charge is 0.407 e. The fourth-order valence-corrected chi connectivity index (χ4v) is 1.10. The van der Waals surface area contributed by atoms with E-state index in [2.05, 4.69) is 10.1 Å². The topological polar surface area (TPSA) is 64.6 Å². The minimum Gasteiger partial charge on any atom is -0.469 e.